The standard InChI is InChI=1S/C17H18FNO4/c1-21-16-5-4-13(9-15(16)18)19(10-14-3-2-7-23-14)17(20)12-6-8-22-11-12/h2-5,7,9,12H,6,8,10-11H2,1H3. The number of carbonyl (C=O) groups is 1. The van der Waals surface area contributed by atoms with Crippen LogP contribution in [0.4, 0.5) is 10.1 Å². The maximum Gasteiger partial charge on any atom is 0.232 e. The first kappa shape index (κ1) is 15.6. The van der Waals surface area contributed by atoms with Gasteiger partial charge in [0.05, 0.1) is 32.4 Å². The minimum atomic E-state index is -0.509. The van der Waals surface area contributed by atoms with Gasteiger partial charge in [0, 0.05) is 18.4 Å². The monoisotopic (exact) mass is 319 g/mol. The van der Waals surface area contributed by atoms with E-state index >= 15 is 0 Å². The number of methoxy groups -OCH3 is 1. The molecule has 2 heterocycles. The quantitative estimate of drug-likeness (QED) is 0.850. The summed E-state index contributed by atoms with van der Waals surface area (Å²) in [7, 11) is 1.40. The zero-order chi connectivity index (χ0) is 16.2. The molecule has 1 aromatic heterocycles. The molecule has 0 aliphatic carbocycles. The minimum Gasteiger partial charge on any atom is -0.494 e. The lowest BCUT2D eigenvalue weighted by molar-refractivity contribution is -0.122. The lowest BCUT2D eigenvalue weighted by atomic mass is 10.1. The summed E-state index contributed by atoms with van der Waals surface area (Å²) in [6.07, 6.45) is 2.22. The number of halogens is 1. The predicted octanol–water partition coefficient (Wildman–Crippen LogP) is 3.00. The maximum atomic E-state index is 14.0. The Morgan fingerprint density at radius 1 is 1.43 bits per heavy atom. The molecule has 1 unspecified atom stereocenters. The lowest BCUT2D eigenvalue weighted by Gasteiger charge is -2.24. The molecule has 1 aromatic carbocycles. The number of carbonyl (C=O) groups excluding carboxylic acids is 1. The fourth-order valence-corrected chi connectivity index (χ4v) is 2.63. The van der Waals surface area contributed by atoms with Crippen LogP contribution >= 0.6 is 0 Å². The molecule has 6 heteroatoms. The number of ether oxygens (including phenoxy) is 2. The molecular formula is C17H18FNO4. The lowest BCUT2D eigenvalue weighted by Crippen LogP contribution is -2.36. The first-order valence-electron chi connectivity index (χ1n) is 7.44. The molecule has 0 spiro atoms. The summed E-state index contributed by atoms with van der Waals surface area (Å²) in [5.74, 6) is -0.0413. The molecule has 5 nitrogen and oxygen atoms in total. The molecule has 1 amide bonds. The van der Waals surface area contributed by atoms with Crippen molar-refractivity contribution >= 4 is 11.6 Å². The van der Waals surface area contributed by atoms with Gasteiger partial charge in [-0.3, -0.25) is 4.79 Å². The highest BCUT2D eigenvalue weighted by molar-refractivity contribution is 5.95. The molecule has 1 aliphatic rings. The van der Waals surface area contributed by atoms with Crippen molar-refractivity contribution < 1.29 is 23.1 Å². The third kappa shape index (κ3) is 3.37. The summed E-state index contributed by atoms with van der Waals surface area (Å²) >= 11 is 0. The molecule has 23 heavy (non-hydrogen) atoms. The molecule has 1 atom stereocenters. The Hall–Kier alpha value is -2.34. The van der Waals surface area contributed by atoms with Gasteiger partial charge in [-0.05, 0) is 30.7 Å². The second-order valence-electron chi connectivity index (χ2n) is 5.38. The van der Waals surface area contributed by atoms with Gasteiger partial charge in [0.15, 0.2) is 11.6 Å². The van der Waals surface area contributed by atoms with Crippen LogP contribution in [0.2, 0.25) is 0 Å². The van der Waals surface area contributed by atoms with Crippen LogP contribution in [0.3, 0.4) is 0 Å². The van der Waals surface area contributed by atoms with E-state index in [1.807, 2.05) is 0 Å². The maximum absolute atomic E-state index is 14.0. The number of anilines is 1. The van der Waals surface area contributed by atoms with Gasteiger partial charge >= 0.3 is 0 Å². The third-order valence-electron chi connectivity index (χ3n) is 3.89. The molecule has 0 saturated carbocycles. The van der Waals surface area contributed by atoms with E-state index in [-0.39, 0.29) is 24.1 Å². The summed E-state index contributed by atoms with van der Waals surface area (Å²) in [5.41, 5.74) is 0.469. The molecule has 1 aliphatic heterocycles. The van der Waals surface area contributed by atoms with Crippen molar-refractivity contribution in [2.24, 2.45) is 5.92 Å². The van der Waals surface area contributed by atoms with Crippen LogP contribution in [0.15, 0.2) is 41.0 Å². The average Bonchev–Trinajstić information content (AvgIpc) is 3.25. The van der Waals surface area contributed by atoms with E-state index in [0.29, 0.717) is 31.1 Å². The first-order chi connectivity index (χ1) is 11.2. The van der Waals surface area contributed by atoms with Gasteiger partial charge < -0.3 is 18.8 Å². The Morgan fingerprint density at radius 2 is 2.30 bits per heavy atom. The zero-order valence-corrected chi connectivity index (χ0v) is 12.8. The summed E-state index contributed by atoms with van der Waals surface area (Å²) in [4.78, 5) is 14.3. The number of furan rings is 1. The molecule has 0 N–H and O–H groups in total. The normalized spacial score (nSPS) is 17.2. The van der Waals surface area contributed by atoms with Crippen molar-refractivity contribution in [3.05, 3.63) is 48.2 Å². The van der Waals surface area contributed by atoms with E-state index in [1.165, 1.54) is 24.1 Å². The van der Waals surface area contributed by atoms with Gasteiger partial charge in [0.2, 0.25) is 5.91 Å². The highest BCUT2D eigenvalue weighted by Gasteiger charge is 2.29. The Kier molecular flexibility index (Phi) is 4.62. The number of benzene rings is 1. The fourth-order valence-electron chi connectivity index (χ4n) is 2.63. The summed E-state index contributed by atoms with van der Waals surface area (Å²) < 4.78 is 29.6. The topological polar surface area (TPSA) is 51.9 Å². The van der Waals surface area contributed by atoms with Crippen molar-refractivity contribution in [1.29, 1.82) is 0 Å². The van der Waals surface area contributed by atoms with Crippen molar-refractivity contribution in [3.63, 3.8) is 0 Å². The Bertz CT molecular complexity index is 665. The van der Waals surface area contributed by atoms with Crippen LogP contribution in [-0.2, 0) is 16.1 Å². The Labute approximate surface area is 133 Å². The molecule has 1 fully saturated rings. The molecule has 3 rings (SSSR count). The smallest absolute Gasteiger partial charge is 0.232 e. The summed E-state index contributed by atoms with van der Waals surface area (Å²) in [6.45, 7) is 1.21. The van der Waals surface area contributed by atoms with Crippen LogP contribution in [0.5, 0.6) is 5.75 Å². The van der Waals surface area contributed by atoms with Gasteiger partial charge in [-0.2, -0.15) is 0 Å². The van der Waals surface area contributed by atoms with Gasteiger partial charge in [-0.1, -0.05) is 0 Å². The average molecular weight is 319 g/mol. The van der Waals surface area contributed by atoms with E-state index in [9.17, 15) is 9.18 Å². The predicted molar refractivity (Wildman–Crippen MR) is 81.8 cm³/mol. The van der Waals surface area contributed by atoms with Crippen molar-refractivity contribution in [1.82, 2.24) is 0 Å². The highest BCUT2D eigenvalue weighted by atomic mass is 19.1. The van der Waals surface area contributed by atoms with E-state index in [1.54, 1.807) is 24.5 Å². The zero-order valence-electron chi connectivity index (χ0n) is 12.8. The first-order valence-corrected chi connectivity index (χ1v) is 7.44. The number of hydrogen-bond donors (Lipinski definition) is 0. The van der Waals surface area contributed by atoms with E-state index in [0.717, 1.165) is 0 Å². The minimum absolute atomic E-state index is 0.0940. The number of hydrogen-bond acceptors (Lipinski definition) is 4. The van der Waals surface area contributed by atoms with Crippen molar-refractivity contribution in [2.75, 3.05) is 25.2 Å². The van der Waals surface area contributed by atoms with E-state index < -0.39 is 5.82 Å². The Balaban J connectivity index is 1.90. The van der Waals surface area contributed by atoms with Crippen LogP contribution in [0, 0.1) is 11.7 Å². The van der Waals surface area contributed by atoms with Crippen LogP contribution < -0.4 is 9.64 Å². The van der Waals surface area contributed by atoms with Crippen LogP contribution in [-0.4, -0.2) is 26.2 Å². The Morgan fingerprint density at radius 3 is 2.91 bits per heavy atom. The van der Waals surface area contributed by atoms with Gasteiger partial charge in [0.25, 0.3) is 0 Å². The third-order valence-corrected chi connectivity index (χ3v) is 3.89. The second kappa shape index (κ2) is 6.83. The molecule has 1 saturated heterocycles. The van der Waals surface area contributed by atoms with Crippen LogP contribution in [0.25, 0.3) is 0 Å². The summed E-state index contributed by atoms with van der Waals surface area (Å²) in [5, 5.41) is 0. The molecule has 122 valence electrons. The van der Waals surface area contributed by atoms with E-state index in [2.05, 4.69) is 0 Å². The van der Waals surface area contributed by atoms with Crippen molar-refractivity contribution in [2.45, 2.75) is 13.0 Å². The molecule has 2 aromatic rings. The molecular weight excluding hydrogens is 301 g/mol. The SMILES string of the molecule is COc1ccc(N(Cc2ccco2)C(=O)C2CCOC2)cc1F. The van der Waals surface area contributed by atoms with Crippen molar-refractivity contribution in [3.8, 4) is 5.75 Å². The number of rotatable bonds is 5. The highest BCUT2D eigenvalue weighted by Crippen LogP contribution is 2.27. The number of nitrogens with zero attached hydrogens (tertiary/aromatic N) is 1. The summed E-state index contributed by atoms with van der Waals surface area (Å²) in [6, 6.07) is 8.02. The van der Waals surface area contributed by atoms with Gasteiger partial charge in [-0.25, -0.2) is 4.39 Å². The largest absolute Gasteiger partial charge is 0.494 e. The fraction of sp³-hybridized carbons (Fsp3) is 0.353. The molecule has 0 radical (unpaired) electrons. The van der Waals surface area contributed by atoms with Gasteiger partial charge in [-0.15, -0.1) is 0 Å². The van der Waals surface area contributed by atoms with Crippen LogP contribution in [0.1, 0.15) is 12.2 Å². The second-order valence-corrected chi connectivity index (χ2v) is 5.38. The number of amides is 1. The van der Waals surface area contributed by atoms with Gasteiger partial charge in [0.1, 0.15) is 5.76 Å². The van der Waals surface area contributed by atoms with E-state index in [4.69, 9.17) is 13.9 Å². The molecule has 0 bridgehead atoms.